The molecule has 3 aromatic carbocycles. The first-order valence-corrected chi connectivity index (χ1v) is 12.1. The van der Waals surface area contributed by atoms with Crippen molar-refractivity contribution in [1.29, 1.82) is 0 Å². The van der Waals surface area contributed by atoms with Gasteiger partial charge in [-0.25, -0.2) is 9.59 Å². The maximum atomic E-state index is 12.7. The van der Waals surface area contributed by atoms with Crippen LogP contribution in [0, 0.1) is 0 Å². The quantitative estimate of drug-likeness (QED) is 0.358. The van der Waals surface area contributed by atoms with Gasteiger partial charge in [-0.05, 0) is 48.6 Å². The van der Waals surface area contributed by atoms with E-state index < -0.39 is 0 Å². The lowest BCUT2D eigenvalue weighted by atomic mass is 9.85. The number of hydrogen-bond donors (Lipinski definition) is 0. The summed E-state index contributed by atoms with van der Waals surface area (Å²) in [6.45, 7) is 2.94. The van der Waals surface area contributed by atoms with E-state index in [2.05, 4.69) is 24.3 Å². The molecule has 1 heterocycles. The van der Waals surface area contributed by atoms with Gasteiger partial charge in [-0.1, -0.05) is 72.8 Å². The van der Waals surface area contributed by atoms with Crippen molar-refractivity contribution < 1.29 is 23.8 Å². The van der Waals surface area contributed by atoms with E-state index >= 15 is 0 Å². The van der Waals surface area contributed by atoms with Gasteiger partial charge in [-0.3, -0.25) is 0 Å². The van der Waals surface area contributed by atoms with Crippen LogP contribution >= 0.6 is 0 Å². The van der Waals surface area contributed by atoms with Crippen molar-refractivity contribution in [3.05, 3.63) is 102 Å². The molecule has 1 unspecified atom stereocenters. The number of hydrogen-bond acceptors (Lipinski definition) is 5. The van der Waals surface area contributed by atoms with Gasteiger partial charge in [0.2, 0.25) is 0 Å². The minimum Gasteiger partial charge on any atom is -0.482 e. The number of esters is 1. The molecule has 1 saturated heterocycles. The monoisotopic (exact) mass is 473 g/mol. The fourth-order valence-corrected chi connectivity index (χ4v) is 4.54. The van der Waals surface area contributed by atoms with Crippen molar-refractivity contribution in [3.8, 4) is 5.75 Å². The molecule has 1 fully saturated rings. The van der Waals surface area contributed by atoms with Crippen LogP contribution in [-0.2, 0) is 20.7 Å². The third-order valence-electron chi connectivity index (χ3n) is 6.14. The average Bonchev–Trinajstić information content (AvgIpc) is 3.24. The Morgan fingerprint density at radius 3 is 2.34 bits per heavy atom. The molecule has 3 aromatic rings. The lowest BCUT2D eigenvalue weighted by Crippen LogP contribution is -2.39. The highest BCUT2D eigenvalue weighted by Gasteiger charge is 2.39. The lowest BCUT2D eigenvalue weighted by molar-refractivity contribution is -0.145. The van der Waals surface area contributed by atoms with Crippen molar-refractivity contribution in [2.24, 2.45) is 0 Å². The van der Waals surface area contributed by atoms with Gasteiger partial charge in [0.1, 0.15) is 12.4 Å². The third-order valence-corrected chi connectivity index (χ3v) is 6.14. The molecule has 0 spiro atoms. The van der Waals surface area contributed by atoms with Crippen LogP contribution in [0.5, 0.6) is 5.75 Å². The number of ether oxygens (including phenoxy) is 3. The molecule has 0 aliphatic carbocycles. The summed E-state index contributed by atoms with van der Waals surface area (Å²) in [6.07, 6.45) is 1.29. The summed E-state index contributed by atoms with van der Waals surface area (Å²) in [5, 5.41) is 0. The molecule has 35 heavy (non-hydrogen) atoms. The van der Waals surface area contributed by atoms with Gasteiger partial charge in [0.25, 0.3) is 0 Å². The Labute approximate surface area is 206 Å². The Balaban J connectivity index is 1.42. The second-order valence-corrected chi connectivity index (χ2v) is 8.48. The molecule has 6 nitrogen and oxygen atoms in total. The van der Waals surface area contributed by atoms with Crippen LogP contribution in [0.15, 0.2) is 84.9 Å². The van der Waals surface area contributed by atoms with Crippen LogP contribution in [0.25, 0.3) is 0 Å². The first-order chi connectivity index (χ1) is 17.2. The molecule has 1 amide bonds. The van der Waals surface area contributed by atoms with E-state index in [-0.39, 0.29) is 30.6 Å². The van der Waals surface area contributed by atoms with Crippen molar-refractivity contribution in [2.45, 2.75) is 31.7 Å². The van der Waals surface area contributed by atoms with Gasteiger partial charge in [-0.15, -0.1) is 0 Å². The fourth-order valence-electron chi connectivity index (χ4n) is 4.54. The van der Waals surface area contributed by atoms with Crippen LogP contribution in [0.3, 0.4) is 0 Å². The number of carbonyl (C=O) groups excluding carboxylic acids is 2. The van der Waals surface area contributed by atoms with Gasteiger partial charge in [0.05, 0.1) is 12.6 Å². The van der Waals surface area contributed by atoms with Crippen molar-refractivity contribution >= 4 is 12.1 Å². The number of carbonyl (C=O) groups is 2. The topological polar surface area (TPSA) is 65.1 Å². The Morgan fingerprint density at radius 1 is 1.00 bits per heavy atom. The molecule has 4 rings (SSSR count). The summed E-state index contributed by atoms with van der Waals surface area (Å²) in [7, 11) is 0. The number of rotatable bonds is 11. The van der Waals surface area contributed by atoms with Crippen molar-refractivity contribution in [1.82, 2.24) is 4.90 Å². The van der Waals surface area contributed by atoms with E-state index in [1.54, 1.807) is 6.92 Å². The number of cyclic esters (lactones) is 1. The zero-order valence-corrected chi connectivity index (χ0v) is 20.0. The van der Waals surface area contributed by atoms with Crippen molar-refractivity contribution in [2.75, 3.05) is 26.4 Å². The summed E-state index contributed by atoms with van der Waals surface area (Å²) < 4.78 is 16.0. The molecule has 0 N–H and O–H groups in total. The van der Waals surface area contributed by atoms with Gasteiger partial charge in [-0.2, -0.15) is 0 Å². The Bertz CT molecular complexity index is 1060. The maximum Gasteiger partial charge on any atom is 0.410 e. The molecule has 6 heteroatoms. The minimum atomic E-state index is -0.386. The Hall–Kier alpha value is -3.80. The molecule has 1 aliphatic rings. The summed E-state index contributed by atoms with van der Waals surface area (Å²) in [5.74, 6) is 0.272. The normalized spacial score (nSPS) is 15.2. The predicted molar refractivity (Wildman–Crippen MR) is 133 cm³/mol. The maximum absolute atomic E-state index is 12.7. The van der Waals surface area contributed by atoms with Crippen LogP contribution in [0.4, 0.5) is 4.79 Å². The van der Waals surface area contributed by atoms with Gasteiger partial charge < -0.3 is 19.1 Å². The molecule has 182 valence electrons. The average molecular weight is 474 g/mol. The van der Waals surface area contributed by atoms with Crippen LogP contribution < -0.4 is 4.74 Å². The van der Waals surface area contributed by atoms with Crippen LogP contribution in [-0.4, -0.2) is 49.4 Å². The summed E-state index contributed by atoms with van der Waals surface area (Å²) in [5.41, 5.74) is 3.41. The van der Waals surface area contributed by atoms with E-state index in [9.17, 15) is 9.59 Å². The SMILES string of the molecule is CCOC(=O)COc1cccc(CCCN2C(=O)OCC2C(c2ccccc2)c2ccccc2)c1. The second-order valence-electron chi connectivity index (χ2n) is 8.48. The molecule has 1 aliphatic heterocycles. The van der Waals surface area contributed by atoms with Crippen molar-refractivity contribution in [3.63, 3.8) is 0 Å². The van der Waals surface area contributed by atoms with E-state index in [1.807, 2.05) is 65.6 Å². The zero-order chi connectivity index (χ0) is 24.5. The smallest absolute Gasteiger partial charge is 0.410 e. The highest BCUT2D eigenvalue weighted by atomic mass is 16.6. The largest absolute Gasteiger partial charge is 0.482 e. The summed E-state index contributed by atoms with van der Waals surface area (Å²) in [4.78, 5) is 26.1. The third kappa shape index (κ3) is 6.41. The van der Waals surface area contributed by atoms with Crippen LogP contribution in [0.2, 0.25) is 0 Å². The van der Waals surface area contributed by atoms with E-state index in [0.717, 1.165) is 18.4 Å². The molecular formula is C29H31NO5. The zero-order valence-electron chi connectivity index (χ0n) is 20.0. The van der Waals surface area contributed by atoms with E-state index in [0.29, 0.717) is 25.5 Å². The molecule has 0 radical (unpaired) electrons. The minimum absolute atomic E-state index is 0.0310. The van der Waals surface area contributed by atoms with Gasteiger partial charge >= 0.3 is 12.1 Å². The van der Waals surface area contributed by atoms with Crippen LogP contribution in [0.1, 0.15) is 36.0 Å². The number of aryl methyl sites for hydroxylation is 1. The fraction of sp³-hybridized carbons (Fsp3) is 0.310. The first-order valence-electron chi connectivity index (χ1n) is 12.1. The number of amides is 1. The second kappa shape index (κ2) is 12.1. The number of nitrogens with zero attached hydrogens (tertiary/aromatic N) is 1. The van der Waals surface area contributed by atoms with Gasteiger partial charge in [0.15, 0.2) is 6.61 Å². The summed E-state index contributed by atoms with van der Waals surface area (Å²) >= 11 is 0. The van der Waals surface area contributed by atoms with Gasteiger partial charge in [0, 0.05) is 12.5 Å². The molecule has 1 atom stereocenters. The van der Waals surface area contributed by atoms with E-state index in [4.69, 9.17) is 14.2 Å². The Morgan fingerprint density at radius 2 is 1.69 bits per heavy atom. The highest BCUT2D eigenvalue weighted by Crippen LogP contribution is 2.34. The van der Waals surface area contributed by atoms with E-state index in [1.165, 1.54) is 11.1 Å². The highest BCUT2D eigenvalue weighted by molar-refractivity contribution is 5.71. The molecule has 0 aromatic heterocycles. The predicted octanol–water partition coefficient (Wildman–Crippen LogP) is 5.21. The first kappa shape index (κ1) is 24.3. The molecule has 0 saturated carbocycles. The molecule has 0 bridgehead atoms. The lowest BCUT2D eigenvalue weighted by Gasteiger charge is -2.30. The summed E-state index contributed by atoms with van der Waals surface area (Å²) in [6, 6.07) is 28.2. The number of benzene rings is 3. The standard InChI is InChI=1S/C29H31NO5/c1-2-33-27(31)21-34-25-17-9-11-22(19-25)12-10-18-30-26(20-35-29(30)32)28(23-13-5-3-6-14-23)24-15-7-4-8-16-24/h3-9,11,13-17,19,26,28H,2,10,12,18,20-21H2,1H3. The molecular weight excluding hydrogens is 442 g/mol. The Kier molecular flexibility index (Phi) is 8.39.